The molecule has 2 atom stereocenters. The molecule has 2 amide bonds. The highest BCUT2D eigenvalue weighted by atomic mass is 16.2. The Morgan fingerprint density at radius 3 is 2.45 bits per heavy atom. The van der Waals surface area contributed by atoms with Crippen molar-refractivity contribution in [2.45, 2.75) is 52.0 Å². The third kappa shape index (κ3) is 6.37. The van der Waals surface area contributed by atoms with E-state index < -0.39 is 0 Å². The average Bonchev–Trinajstić information content (AvgIpc) is 2.38. The molecule has 2 N–H and O–H groups in total. The Kier molecular flexibility index (Phi) is 7.59. The van der Waals surface area contributed by atoms with Gasteiger partial charge in [0, 0.05) is 12.6 Å². The van der Waals surface area contributed by atoms with Crippen LogP contribution in [0.2, 0.25) is 0 Å². The van der Waals surface area contributed by atoms with Crippen LogP contribution in [0.15, 0.2) is 0 Å². The highest BCUT2D eigenvalue weighted by Crippen LogP contribution is 2.23. The van der Waals surface area contributed by atoms with Gasteiger partial charge < -0.3 is 10.6 Å². The number of carbonyl (C=O) groups is 2. The van der Waals surface area contributed by atoms with Gasteiger partial charge in [-0.15, -0.1) is 0 Å². The predicted molar refractivity (Wildman–Crippen MR) is 80.4 cm³/mol. The Morgan fingerprint density at radius 1 is 1.15 bits per heavy atom. The molecule has 0 unspecified atom stereocenters. The second-order valence-electron chi connectivity index (χ2n) is 5.96. The number of nitrogens with zero attached hydrogens (tertiary/aromatic N) is 1. The number of amides is 2. The van der Waals surface area contributed by atoms with Crippen molar-refractivity contribution < 1.29 is 9.59 Å². The third-order valence-electron chi connectivity index (χ3n) is 3.86. The van der Waals surface area contributed by atoms with Gasteiger partial charge in [-0.3, -0.25) is 14.5 Å². The van der Waals surface area contributed by atoms with Crippen molar-refractivity contribution in [3.05, 3.63) is 0 Å². The Morgan fingerprint density at radius 2 is 1.80 bits per heavy atom. The summed E-state index contributed by atoms with van der Waals surface area (Å²) in [4.78, 5) is 25.3. The highest BCUT2D eigenvalue weighted by Gasteiger charge is 2.23. The van der Waals surface area contributed by atoms with Crippen molar-refractivity contribution in [3.8, 4) is 0 Å². The smallest absolute Gasteiger partial charge is 0.234 e. The molecule has 1 aliphatic carbocycles. The molecule has 116 valence electrons. The van der Waals surface area contributed by atoms with E-state index in [0.29, 0.717) is 18.5 Å². The number of nitrogens with one attached hydrogen (secondary N) is 2. The van der Waals surface area contributed by atoms with E-state index in [-0.39, 0.29) is 24.9 Å². The van der Waals surface area contributed by atoms with Gasteiger partial charge in [-0.05, 0) is 32.2 Å². The normalized spacial score (nSPS) is 22.6. The van der Waals surface area contributed by atoms with Crippen LogP contribution in [0.3, 0.4) is 0 Å². The fraction of sp³-hybridized carbons (Fsp3) is 0.867. The van der Waals surface area contributed by atoms with Crippen molar-refractivity contribution in [1.82, 2.24) is 15.5 Å². The minimum atomic E-state index is -0.0202. The van der Waals surface area contributed by atoms with E-state index >= 15 is 0 Å². The first-order chi connectivity index (χ1) is 9.52. The lowest BCUT2D eigenvalue weighted by atomic mass is 9.86. The van der Waals surface area contributed by atoms with Crippen LogP contribution in [-0.2, 0) is 9.59 Å². The quantitative estimate of drug-likeness (QED) is 0.736. The topological polar surface area (TPSA) is 61.4 Å². The molecule has 0 aliphatic heterocycles. The lowest BCUT2D eigenvalue weighted by Crippen LogP contribution is -2.46. The van der Waals surface area contributed by atoms with Crippen molar-refractivity contribution >= 4 is 11.8 Å². The zero-order chi connectivity index (χ0) is 15.0. The van der Waals surface area contributed by atoms with Crippen LogP contribution in [0.1, 0.15) is 46.0 Å². The summed E-state index contributed by atoms with van der Waals surface area (Å²) < 4.78 is 0. The molecule has 5 heteroatoms. The molecule has 5 nitrogen and oxygen atoms in total. The second kappa shape index (κ2) is 8.95. The van der Waals surface area contributed by atoms with E-state index in [2.05, 4.69) is 17.6 Å². The standard InChI is InChI=1S/C15H29N3O2/c1-4-9-16-14(19)10-18(3)11-15(20)17-13-8-6-5-7-12(13)2/h12-13H,4-11H2,1-3H3,(H,16,19)(H,17,20)/t12-,13-/m0/s1. The summed E-state index contributed by atoms with van der Waals surface area (Å²) >= 11 is 0. The molecule has 0 heterocycles. The molecule has 20 heavy (non-hydrogen) atoms. The molecule has 0 aromatic heterocycles. The predicted octanol–water partition coefficient (Wildman–Crippen LogP) is 1.14. The molecule has 0 aromatic carbocycles. The van der Waals surface area contributed by atoms with Gasteiger partial charge in [-0.25, -0.2) is 0 Å². The Labute approximate surface area is 122 Å². The maximum Gasteiger partial charge on any atom is 0.234 e. The van der Waals surface area contributed by atoms with Gasteiger partial charge in [0.2, 0.25) is 11.8 Å². The molecule has 0 aromatic rings. The molecule has 0 saturated heterocycles. The summed E-state index contributed by atoms with van der Waals surface area (Å²) in [6.45, 7) is 5.46. The molecule has 1 fully saturated rings. The van der Waals surface area contributed by atoms with Gasteiger partial charge >= 0.3 is 0 Å². The Bertz CT molecular complexity index is 320. The summed E-state index contributed by atoms with van der Waals surface area (Å²) in [5.41, 5.74) is 0. The Balaban J connectivity index is 2.25. The van der Waals surface area contributed by atoms with E-state index in [0.717, 1.165) is 12.8 Å². The van der Waals surface area contributed by atoms with E-state index in [9.17, 15) is 9.59 Å². The summed E-state index contributed by atoms with van der Waals surface area (Å²) in [5, 5.41) is 5.92. The van der Waals surface area contributed by atoms with Gasteiger partial charge in [-0.2, -0.15) is 0 Å². The van der Waals surface area contributed by atoms with Crippen molar-refractivity contribution in [2.24, 2.45) is 5.92 Å². The summed E-state index contributed by atoms with van der Waals surface area (Å²) in [5.74, 6) is 0.564. The first kappa shape index (κ1) is 17.0. The highest BCUT2D eigenvalue weighted by molar-refractivity contribution is 5.81. The van der Waals surface area contributed by atoms with Crippen LogP contribution < -0.4 is 10.6 Å². The zero-order valence-electron chi connectivity index (χ0n) is 13.1. The molecule has 1 rings (SSSR count). The van der Waals surface area contributed by atoms with E-state index in [1.807, 2.05) is 6.92 Å². The van der Waals surface area contributed by atoms with E-state index in [4.69, 9.17) is 0 Å². The number of hydrogen-bond donors (Lipinski definition) is 2. The molecule has 0 bridgehead atoms. The van der Waals surface area contributed by atoms with Gasteiger partial charge in [-0.1, -0.05) is 26.7 Å². The third-order valence-corrected chi connectivity index (χ3v) is 3.86. The van der Waals surface area contributed by atoms with Crippen molar-refractivity contribution in [1.29, 1.82) is 0 Å². The largest absolute Gasteiger partial charge is 0.355 e. The molecule has 1 aliphatic rings. The number of rotatable bonds is 7. The van der Waals surface area contributed by atoms with Crippen LogP contribution in [-0.4, -0.2) is 49.4 Å². The maximum atomic E-state index is 12.0. The van der Waals surface area contributed by atoms with E-state index in [1.54, 1.807) is 11.9 Å². The van der Waals surface area contributed by atoms with Crippen LogP contribution in [0.25, 0.3) is 0 Å². The fourth-order valence-corrected chi connectivity index (χ4v) is 2.65. The molecular formula is C15H29N3O2. The van der Waals surface area contributed by atoms with Crippen molar-refractivity contribution in [3.63, 3.8) is 0 Å². The van der Waals surface area contributed by atoms with Gasteiger partial charge in [0.1, 0.15) is 0 Å². The lowest BCUT2D eigenvalue weighted by molar-refractivity contribution is -0.125. The maximum absolute atomic E-state index is 12.0. The summed E-state index contributed by atoms with van der Waals surface area (Å²) in [7, 11) is 1.80. The number of likely N-dealkylation sites (N-methyl/N-ethyl adjacent to an activating group) is 1. The monoisotopic (exact) mass is 283 g/mol. The minimum absolute atomic E-state index is 0.0202. The molecule has 0 spiro atoms. The van der Waals surface area contributed by atoms with Crippen LogP contribution in [0.5, 0.6) is 0 Å². The first-order valence-electron chi connectivity index (χ1n) is 7.77. The zero-order valence-corrected chi connectivity index (χ0v) is 13.1. The average molecular weight is 283 g/mol. The van der Waals surface area contributed by atoms with Gasteiger partial charge in [0.25, 0.3) is 0 Å². The molecule has 1 saturated carbocycles. The van der Waals surface area contributed by atoms with Crippen LogP contribution >= 0.6 is 0 Å². The molecule has 0 radical (unpaired) electrons. The van der Waals surface area contributed by atoms with Crippen LogP contribution in [0, 0.1) is 5.92 Å². The van der Waals surface area contributed by atoms with Gasteiger partial charge in [0.05, 0.1) is 13.1 Å². The summed E-state index contributed by atoms with van der Waals surface area (Å²) in [6.07, 6.45) is 5.67. The number of carbonyl (C=O) groups excluding carboxylic acids is 2. The minimum Gasteiger partial charge on any atom is -0.355 e. The van der Waals surface area contributed by atoms with Gasteiger partial charge in [0.15, 0.2) is 0 Å². The van der Waals surface area contributed by atoms with E-state index in [1.165, 1.54) is 19.3 Å². The fourth-order valence-electron chi connectivity index (χ4n) is 2.65. The summed E-state index contributed by atoms with van der Waals surface area (Å²) in [6, 6.07) is 0.304. The number of hydrogen-bond acceptors (Lipinski definition) is 3. The Hall–Kier alpha value is -1.10. The second-order valence-corrected chi connectivity index (χ2v) is 5.96. The van der Waals surface area contributed by atoms with Crippen LogP contribution in [0.4, 0.5) is 0 Å². The molecular weight excluding hydrogens is 254 g/mol. The SMILES string of the molecule is CCCNC(=O)CN(C)CC(=O)N[C@H]1CCCC[C@@H]1C. The lowest BCUT2D eigenvalue weighted by Gasteiger charge is -2.30. The van der Waals surface area contributed by atoms with Crippen molar-refractivity contribution in [2.75, 3.05) is 26.7 Å². The first-order valence-corrected chi connectivity index (χ1v) is 7.77.